The summed E-state index contributed by atoms with van der Waals surface area (Å²) in [4.78, 5) is 37.7. The Balaban J connectivity index is 1.80. The van der Waals surface area contributed by atoms with Crippen LogP contribution in [0.1, 0.15) is 39.5 Å². The van der Waals surface area contributed by atoms with E-state index in [1.807, 2.05) is 13.0 Å². The molecule has 6 atom stereocenters. The van der Waals surface area contributed by atoms with Crippen LogP contribution in [0.5, 0.6) is 0 Å². The molecule has 0 heterocycles. The summed E-state index contributed by atoms with van der Waals surface area (Å²) in [7, 11) is 0. The monoisotopic (exact) mass is 370 g/mol. The van der Waals surface area contributed by atoms with Crippen LogP contribution in [0.2, 0.25) is 0 Å². The molecule has 4 rings (SSSR count). The molecule has 0 bridgehead atoms. The Morgan fingerprint density at radius 1 is 1.33 bits per heavy atom. The Morgan fingerprint density at radius 3 is 2.70 bits per heavy atom. The number of aliphatic hydroxyl groups is 2. The van der Waals surface area contributed by atoms with E-state index in [4.69, 9.17) is 0 Å². The number of carbonyl (C=O) groups excluding carboxylic acids is 3. The number of hydrogen-bond donors (Lipinski definition) is 2. The SMILES string of the molecule is C=C1C[C@H]2[C@@H]3CCC4=CC(=O)C=C[C@]4(C)[C@H]3C(=O)C[C@]2(C)[C@@]1(O)C(=O)CO. The van der Waals surface area contributed by atoms with Gasteiger partial charge in [0.15, 0.2) is 17.2 Å². The second kappa shape index (κ2) is 5.58. The summed E-state index contributed by atoms with van der Waals surface area (Å²) in [5.74, 6) is -1.00. The molecule has 0 aliphatic heterocycles. The first-order valence-electron chi connectivity index (χ1n) is 9.61. The lowest BCUT2D eigenvalue weighted by Crippen LogP contribution is -2.60. The van der Waals surface area contributed by atoms with E-state index in [0.717, 1.165) is 18.4 Å². The first kappa shape index (κ1) is 18.5. The molecule has 0 aromatic rings. The van der Waals surface area contributed by atoms with Crippen LogP contribution in [0, 0.1) is 28.6 Å². The normalized spacial score (nSPS) is 45.9. The molecule has 144 valence electrons. The van der Waals surface area contributed by atoms with E-state index < -0.39 is 28.8 Å². The maximum atomic E-state index is 13.4. The molecule has 0 spiro atoms. The average Bonchev–Trinajstić information content (AvgIpc) is 2.82. The van der Waals surface area contributed by atoms with Gasteiger partial charge in [0.1, 0.15) is 12.4 Å². The van der Waals surface area contributed by atoms with Gasteiger partial charge in [0.25, 0.3) is 0 Å². The molecule has 0 radical (unpaired) electrons. The Kier molecular flexibility index (Phi) is 3.83. The van der Waals surface area contributed by atoms with Crippen molar-refractivity contribution in [3.05, 3.63) is 36.0 Å². The van der Waals surface area contributed by atoms with E-state index in [-0.39, 0.29) is 35.7 Å². The zero-order chi connectivity index (χ0) is 19.8. The number of hydrogen-bond acceptors (Lipinski definition) is 5. The van der Waals surface area contributed by atoms with Gasteiger partial charge in [0, 0.05) is 23.2 Å². The molecule has 0 aromatic carbocycles. The summed E-state index contributed by atoms with van der Waals surface area (Å²) in [6, 6.07) is 0. The van der Waals surface area contributed by atoms with Gasteiger partial charge in [-0.1, -0.05) is 32.1 Å². The fraction of sp³-hybridized carbons (Fsp3) is 0.591. The van der Waals surface area contributed by atoms with Gasteiger partial charge >= 0.3 is 0 Å². The zero-order valence-corrected chi connectivity index (χ0v) is 15.8. The van der Waals surface area contributed by atoms with Crippen molar-refractivity contribution in [1.29, 1.82) is 0 Å². The summed E-state index contributed by atoms with van der Waals surface area (Å²) < 4.78 is 0. The number of rotatable bonds is 2. The maximum absolute atomic E-state index is 13.4. The second-order valence-electron chi connectivity index (χ2n) is 9.13. The topological polar surface area (TPSA) is 91.7 Å². The van der Waals surface area contributed by atoms with Gasteiger partial charge in [-0.15, -0.1) is 0 Å². The molecular formula is C22H26O5. The highest BCUT2D eigenvalue weighted by molar-refractivity contribution is 6.02. The summed E-state index contributed by atoms with van der Waals surface area (Å²) in [6.45, 7) is 7.00. The Morgan fingerprint density at radius 2 is 2.04 bits per heavy atom. The van der Waals surface area contributed by atoms with Crippen molar-refractivity contribution in [2.75, 3.05) is 6.61 Å². The fourth-order valence-corrected chi connectivity index (χ4v) is 6.62. The van der Waals surface area contributed by atoms with Gasteiger partial charge in [0.05, 0.1) is 0 Å². The quantitative estimate of drug-likeness (QED) is 0.725. The van der Waals surface area contributed by atoms with Gasteiger partial charge in [-0.25, -0.2) is 0 Å². The Hall–Kier alpha value is -1.85. The first-order valence-corrected chi connectivity index (χ1v) is 9.61. The molecule has 0 amide bonds. The van der Waals surface area contributed by atoms with Crippen molar-refractivity contribution < 1.29 is 24.6 Å². The third-order valence-electron chi connectivity index (χ3n) is 8.00. The van der Waals surface area contributed by atoms with Crippen LogP contribution in [0.15, 0.2) is 36.0 Å². The molecule has 4 aliphatic rings. The van der Waals surface area contributed by atoms with Gasteiger partial charge in [-0.3, -0.25) is 14.4 Å². The van der Waals surface area contributed by atoms with Crippen LogP contribution < -0.4 is 0 Å². The molecule has 0 aromatic heterocycles. The number of Topliss-reactive ketones (excluding diaryl/α,β-unsaturated/α-hetero) is 2. The summed E-state index contributed by atoms with van der Waals surface area (Å²) in [6.07, 6.45) is 7.11. The lowest BCUT2D eigenvalue weighted by atomic mass is 9.46. The van der Waals surface area contributed by atoms with Crippen LogP contribution in [0.25, 0.3) is 0 Å². The Bertz CT molecular complexity index is 836. The van der Waals surface area contributed by atoms with Crippen molar-refractivity contribution >= 4 is 17.3 Å². The summed E-state index contributed by atoms with van der Waals surface area (Å²) >= 11 is 0. The molecule has 27 heavy (non-hydrogen) atoms. The van der Waals surface area contributed by atoms with Gasteiger partial charge in [-0.2, -0.15) is 0 Å². The minimum absolute atomic E-state index is 0.00789. The third kappa shape index (κ3) is 2.10. The van der Waals surface area contributed by atoms with Crippen molar-refractivity contribution in [3.8, 4) is 0 Å². The molecule has 4 aliphatic carbocycles. The van der Waals surface area contributed by atoms with Crippen LogP contribution in [0.3, 0.4) is 0 Å². The molecular weight excluding hydrogens is 344 g/mol. The van der Waals surface area contributed by atoms with Crippen LogP contribution in [-0.4, -0.2) is 39.8 Å². The molecule has 2 N–H and O–H groups in total. The van der Waals surface area contributed by atoms with E-state index in [2.05, 4.69) is 6.58 Å². The third-order valence-corrected chi connectivity index (χ3v) is 8.00. The minimum Gasteiger partial charge on any atom is -0.388 e. The summed E-state index contributed by atoms with van der Waals surface area (Å²) in [5.41, 5.74) is -1.88. The second-order valence-corrected chi connectivity index (χ2v) is 9.13. The highest BCUT2D eigenvalue weighted by atomic mass is 16.3. The average molecular weight is 370 g/mol. The molecule has 3 saturated carbocycles. The lowest BCUT2D eigenvalue weighted by molar-refractivity contribution is -0.164. The predicted molar refractivity (Wildman–Crippen MR) is 98.6 cm³/mol. The minimum atomic E-state index is -1.86. The number of aliphatic hydroxyl groups excluding tert-OH is 1. The van der Waals surface area contributed by atoms with Gasteiger partial charge in [-0.05, 0) is 48.8 Å². The number of allylic oxidation sites excluding steroid dienone is 4. The molecule has 3 fully saturated rings. The van der Waals surface area contributed by atoms with Gasteiger partial charge in [0.2, 0.25) is 0 Å². The Labute approximate surface area is 158 Å². The van der Waals surface area contributed by atoms with Crippen LogP contribution >= 0.6 is 0 Å². The van der Waals surface area contributed by atoms with E-state index in [1.165, 1.54) is 0 Å². The summed E-state index contributed by atoms with van der Waals surface area (Å²) in [5, 5.41) is 20.7. The highest BCUT2D eigenvalue weighted by Crippen LogP contribution is 2.67. The van der Waals surface area contributed by atoms with E-state index in [0.29, 0.717) is 12.0 Å². The number of fused-ring (bicyclic) bond motifs is 5. The van der Waals surface area contributed by atoms with Gasteiger partial charge < -0.3 is 10.2 Å². The van der Waals surface area contributed by atoms with Crippen molar-refractivity contribution in [2.45, 2.75) is 45.1 Å². The predicted octanol–water partition coefficient (Wildman–Crippen LogP) is 1.93. The number of carbonyl (C=O) groups is 3. The van der Waals surface area contributed by atoms with Crippen LogP contribution in [0.4, 0.5) is 0 Å². The fourth-order valence-electron chi connectivity index (χ4n) is 6.62. The van der Waals surface area contributed by atoms with E-state index in [9.17, 15) is 24.6 Å². The molecule has 5 nitrogen and oxygen atoms in total. The molecule has 0 unspecified atom stereocenters. The molecule has 0 saturated heterocycles. The highest BCUT2D eigenvalue weighted by Gasteiger charge is 2.69. The zero-order valence-electron chi connectivity index (χ0n) is 15.8. The van der Waals surface area contributed by atoms with E-state index >= 15 is 0 Å². The smallest absolute Gasteiger partial charge is 0.194 e. The lowest BCUT2D eigenvalue weighted by Gasteiger charge is -2.56. The number of ketones is 3. The van der Waals surface area contributed by atoms with Crippen LogP contribution in [-0.2, 0) is 14.4 Å². The largest absolute Gasteiger partial charge is 0.388 e. The standard InChI is InChI=1S/C22H26O5/c1-12-8-16-15-5-4-13-9-14(24)6-7-20(13,2)19(15)17(25)10-21(16,3)22(12,27)18(26)11-23/h6-7,9,15-16,19,23,27H,1,4-5,8,10-11H2,2-3H3/t15-,16-,19+,20-,21-,22-/m0/s1. The maximum Gasteiger partial charge on any atom is 0.194 e. The molecule has 5 heteroatoms. The first-order chi connectivity index (χ1) is 12.6. The van der Waals surface area contributed by atoms with Crippen molar-refractivity contribution in [2.24, 2.45) is 28.6 Å². The van der Waals surface area contributed by atoms with E-state index in [1.54, 1.807) is 19.1 Å². The van der Waals surface area contributed by atoms with Crippen molar-refractivity contribution in [1.82, 2.24) is 0 Å². The van der Waals surface area contributed by atoms with Crippen molar-refractivity contribution in [3.63, 3.8) is 0 Å².